The van der Waals surface area contributed by atoms with Crippen molar-refractivity contribution in [2.45, 2.75) is 20.5 Å². The zero-order valence-corrected chi connectivity index (χ0v) is 23.2. The second-order valence-corrected chi connectivity index (χ2v) is 9.67. The minimum atomic E-state index is -0.489. The van der Waals surface area contributed by atoms with Gasteiger partial charge in [0.25, 0.3) is 0 Å². The van der Waals surface area contributed by atoms with Crippen molar-refractivity contribution in [3.05, 3.63) is 98.1 Å². The van der Waals surface area contributed by atoms with Crippen molar-refractivity contribution < 1.29 is 18.7 Å². The van der Waals surface area contributed by atoms with Gasteiger partial charge in [0.15, 0.2) is 12.4 Å². The number of nitrogens with one attached hydrogen (secondary N) is 1. The number of hydrogen-bond donors (Lipinski definition) is 1. The number of nitrogens with zero attached hydrogens (tertiary/aromatic N) is 3. The average Bonchev–Trinajstić information content (AvgIpc) is 3.49. The quantitative estimate of drug-likeness (QED) is 0.170. The summed E-state index contributed by atoms with van der Waals surface area (Å²) in [6, 6.07) is 20.6. The van der Waals surface area contributed by atoms with E-state index in [0.29, 0.717) is 31.8 Å². The molecule has 0 bridgehead atoms. The summed E-state index contributed by atoms with van der Waals surface area (Å²) in [5.74, 6) is 1.34. The van der Waals surface area contributed by atoms with Crippen molar-refractivity contribution in [3.8, 4) is 23.3 Å². The monoisotopic (exact) mass is 624 g/mol. The zero-order chi connectivity index (χ0) is 26.4. The van der Waals surface area contributed by atoms with Gasteiger partial charge in [-0.15, -0.1) is 0 Å². The lowest BCUT2D eigenvalue weighted by atomic mass is 10.2. The van der Waals surface area contributed by atoms with Gasteiger partial charge in [-0.3, -0.25) is 4.79 Å². The maximum atomic E-state index is 12.4. The van der Waals surface area contributed by atoms with Crippen LogP contribution in [0.3, 0.4) is 0 Å². The maximum absolute atomic E-state index is 12.4. The van der Waals surface area contributed by atoms with Gasteiger partial charge in [0.2, 0.25) is 0 Å². The highest BCUT2D eigenvalue weighted by molar-refractivity contribution is 9.11. The molecule has 0 unspecified atom stereocenters. The van der Waals surface area contributed by atoms with E-state index < -0.39 is 5.91 Å². The van der Waals surface area contributed by atoms with Crippen LogP contribution in [0.1, 0.15) is 33.3 Å². The number of rotatable bonds is 9. The van der Waals surface area contributed by atoms with E-state index >= 15 is 0 Å². The molecule has 0 atom stereocenters. The Balaban J connectivity index is 1.31. The lowest BCUT2D eigenvalue weighted by molar-refractivity contribution is 0.0923. The largest absolute Gasteiger partial charge is 0.486 e. The lowest BCUT2D eigenvalue weighted by Crippen LogP contribution is -2.16. The van der Waals surface area contributed by atoms with E-state index in [0.717, 1.165) is 17.1 Å². The highest BCUT2D eigenvalue weighted by Crippen LogP contribution is 2.34. The molecule has 2 heterocycles. The van der Waals surface area contributed by atoms with Crippen molar-refractivity contribution in [2.24, 2.45) is 5.10 Å². The van der Waals surface area contributed by atoms with E-state index in [1.165, 1.54) is 6.21 Å². The number of furan rings is 1. The Labute approximate surface area is 230 Å². The van der Waals surface area contributed by atoms with Crippen molar-refractivity contribution in [1.29, 1.82) is 5.26 Å². The Morgan fingerprint density at radius 3 is 2.38 bits per heavy atom. The normalized spacial score (nSPS) is 10.9. The summed E-state index contributed by atoms with van der Waals surface area (Å²) in [7, 11) is 0. The third kappa shape index (κ3) is 6.50. The van der Waals surface area contributed by atoms with Crippen LogP contribution in [0, 0.1) is 25.2 Å². The molecule has 0 spiro atoms. The Hall–Kier alpha value is -3.81. The summed E-state index contributed by atoms with van der Waals surface area (Å²) in [5.41, 5.74) is 6.53. The topological polar surface area (TPSA) is 102 Å². The van der Waals surface area contributed by atoms with E-state index in [-0.39, 0.29) is 19.0 Å². The predicted octanol–water partition coefficient (Wildman–Crippen LogP) is 6.46. The molecule has 1 N–H and O–H groups in total. The molecule has 10 heteroatoms. The number of aryl methyl sites for hydroxylation is 2. The summed E-state index contributed by atoms with van der Waals surface area (Å²) < 4.78 is 20.2. The molecule has 37 heavy (non-hydrogen) atoms. The maximum Gasteiger partial charge on any atom is 0.307 e. The van der Waals surface area contributed by atoms with Crippen LogP contribution in [0.25, 0.3) is 5.69 Å². The molecule has 0 aliphatic carbocycles. The first-order valence-corrected chi connectivity index (χ1v) is 12.7. The molecule has 188 valence electrons. The Morgan fingerprint density at radius 1 is 1.05 bits per heavy atom. The van der Waals surface area contributed by atoms with Gasteiger partial charge in [0, 0.05) is 17.1 Å². The number of halogens is 2. The number of carbonyl (C=O) groups excluding carboxylic acids is 1. The summed E-state index contributed by atoms with van der Waals surface area (Å²) in [6.07, 6.45) is 1.48. The number of nitriles is 1. The number of carbonyl (C=O) groups is 1. The number of aromatic nitrogens is 1. The van der Waals surface area contributed by atoms with Crippen molar-refractivity contribution >= 4 is 44.0 Å². The van der Waals surface area contributed by atoms with Crippen LogP contribution in [-0.4, -0.2) is 23.3 Å². The first-order chi connectivity index (χ1) is 17.9. The number of amides is 1. The van der Waals surface area contributed by atoms with E-state index in [1.54, 1.807) is 24.3 Å². The van der Waals surface area contributed by atoms with Crippen LogP contribution in [0.2, 0.25) is 0 Å². The molecule has 0 radical (unpaired) electrons. The predicted molar refractivity (Wildman–Crippen MR) is 146 cm³/mol. The van der Waals surface area contributed by atoms with Crippen LogP contribution in [0.4, 0.5) is 0 Å². The number of benzene rings is 2. The van der Waals surface area contributed by atoms with Gasteiger partial charge in [-0.2, -0.15) is 10.4 Å². The van der Waals surface area contributed by atoms with Gasteiger partial charge in [0.1, 0.15) is 29.9 Å². The summed E-state index contributed by atoms with van der Waals surface area (Å²) in [5, 5.41) is 12.7. The zero-order valence-electron chi connectivity index (χ0n) is 20.0. The SMILES string of the molecule is Cc1ccc(C)n1-c1ccc(OCc2ccc(C(=O)N/N=C/c3cc(Br)c(OCC#N)c(Br)c3)o2)cc1. The third-order valence-electron chi connectivity index (χ3n) is 5.31. The molecule has 0 aliphatic rings. The first-order valence-electron chi connectivity index (χ1n) is 11.1. The second-order valence-electron chi connectivity index (χ2n) is 7.96. The number of hydrogen-bond acceptors (Lipinski definition) is 6. The molecule has 4 aromatic rings. The second kappa shape index (κ2) is 12.0. The number of ether oxygens (including phenoxy) is 2. The van der Waals surface area contributed by atoms with Crippen molar-refractivity contribution in [2.75, 3.05) is 6.61 Å². The highest BCUT2D eigenvalue weighted by atomic mass is 79.9. The van der Waals surface area contributed by atoms with Crippen molar-refractivity contribution in [1.82, 2.24) is 9.99 Å². The minimum absolute atomic E-state index is 0.0725. The van der Waals surface area contributed by atoms with Gasteiger partial charge in [0.05, 0.1) is 15.2 Å². The summed E-state index contributed by atoms with van der Waals surface area (Å²) >= 11 is 6.79. The fourth-order valence-electron chi connectivity index (χ4n) is 3.62. The fraction of sp³-hybridized carbons (Fsp3) is 0.148. The molecule has 0 aliphatic heterocycles. The van der Waals surface area contributed by atoms with Crippen LogP contribution in [0.15, 0.2) is 79.1 Å². The molecule has 1 amide bonds. The van der Waals surface area contributed by atoms with Crippen LogP contribution in [-0.2, 0) is 6.61 Å². The number of hydrazone groups is 1. The highest BCUT2D eigenvalue weighted by Gasteiger charge is 2.12. The van der Waals surface area contributed by atoms with Crippen LogP contribution >= 0.6 is 31.9 Å². The Kier molecular flexibility index (Phi) is 8.48. The molecule has 8 nitrogen and oxygen atoms in total. The van der Waals surface area contributed by atoms with E-state index in [2.05, 4.69) is 72.9 Å². The van der Waals surface area contributed by atoms with Crippen LogP contribution in [0.5, 0.6) is 11.5 Å². The van der Waals surface area contributed by atoms with Gasteiger partial charge >= 0.3 is 5.91 Å². The lowest BCUT2D eigenvalue weighted by Gasteiger charge is -2.10. The van der Waals surface area contributed by atoms with Gasteiger partial charge < -0.3 is 18.5 Å². The standard InChI is InChI=1S/C27H22Br2N4O4/c1-17-3-4-18(2)33(17)20-5-7-21(8-6-20)36-16-22-9-10-25(37-22)27(34)32-31-15-19-13-23(28)26(24(29)14-19)35-12-11-30/h3-10,13-15H,12,16H2,1-2H3,(H,32,34)/b31-15+. The molecular formula is C27H22Br2N4O4. The Bertz CT molecular complexity index is 1440. The van der Waals surface area contributed by atoms with Crippen molar-refractivity contribution in [3.63, 3.8) is 0 Å². The molecule has 2 aromatic heterocycles. The van der Waals surface area contributed by atoms with E-state index in [1.807, 2.05) is 30.3 Å². The molecule has 4 rings (SSSR count). The molecular weight excluding hydrogens is 604 g/mol. The summed E-state index contributed by atoms with van der Waals surface area (Å²) in [4.78, 5) is 12.4. The molecule has 2 aromatic carbocycles. The van der Waals surface area contributed by atoms with Gasteiger partial charge in [-0.1, -0.05) is 0 Å². The van der Waals surface area contributed by atoms with E-state index in [4.69, 9.17) is 19.2 Å². The van der Waals surface area contributed by atoms with Gasteiger partial charge in [-0.05, 0) is 112 Å². The van der Waals surface area contributed by atoms with E-state index in [9.17, 15) is 4.79 Å². The summed E-state index contributed by atoms with van der Waals surface area (Å²) in [6.45, 7) is 4.24. The fourth-order valence-corrected chi connectivity index (χ4v) is 5.07. The molecule has 0 saturated carbocycles. The average molecular weight is 626 g/mol. The van der Waals surface area contributed by atoms with Crippen LogP contribution < -0.4 is 14.9 Å². The smallest absolute Gasteiger partial charge is 0.307 e. The molecule has 0 saturated heterocycles. The molecule has 0 fully saturated rings. The van der Waals surface area contributed by atoms with Gasteiger partial charge in [-0.25, -0.2) is 5.43 Å². The minimum Gasteiger partial charge on any atom is -0.486 e. The first kappa shape index (κ1) is 26.3. The Morgan fingerprint density at radius 2 is 1.73 bits per heavy atom. The third-order valence-corrected chi connectivity index (χ3v) is 6.49.